The number of benzene rings is 2. The van der Waals surface area contributed by atoms with Crippen molar-refractivity contribution in [1.82, 2.24) is 40.6 Å². The number of hydrogen-bond acceptors (Lipinski definition) is 8. The van der Waals surface area contributed by atoms with Crippen molar-refractivity contribution in [2.75, 3.05) is 24.6 Å². The Kier molecular flexibility index (Phi) is 6.68. The topological polar surface area (TPSA) is 172 Å². The molecule has 0 spiro atoms. The molecule has 2 amide bonds. The Hall–Kier alpha value is -4.74. The highest BCUT2D eigenvalue weighted by Crippen LogP contribution is 2.19. The number of carbonyl (C=O) groups excluding carboxylic acids is 2. The third-order valence-electron chi connectivity index (χ3n) is 5.44. The lowest BCUT2D eigenvalue weighted by molar-refractivity contribution is 0.0923. The molecule has 6 N–H and O–H groups in total. The van der Waals surface area contributed by atoms with Crippen molar-refractivity contribution < 1.29 is 9.59 Å². The van der Waals surface area contributed by atoms with Gasteiger partial charge in [-0.1, -0.05) is 22.6 Å². The van der Waals surface area contributed by atoms with Gasteiger partial charge in [0.15, 0.2) is 23.0 Å². The Bertz CT molecular complexity index is 1300. The van der Waals surface area contributed by atoms with Crippen LogP contribution >= 0.6 is 0 Å². The maximum absolute atomic E-state index is 12.6. The summed E-state index contributed by atoms with van der Waals surface area (Å²) in [7, 11) is 0. The number of nitrogens with two attached hydrogens (primary N) is 2. The number of rotatable bonds is 7. The zero-order chi connectivity index (χ0) is 26.0. The lowest BCUT2D eigenvalue weighted by Gasteiger charge is -2.08. The summed E-state index contributed by atoms with van der Waals surface area (Å²) in [5, 5.41) is 21.2. The first-order valence-corrected chi connectivity index (χ1v) is 11.3. The quantitative estimate of drug-likeness (QED) is 0.283. The number of nitrogen functional groups attached to an aromatic ring is 2. The van der Waals surface area contributed by atoms with Crippen LogP contribution in [0.15, 0.2) is 36.4 Å². The maximum atomic E-state index is 12.6. The number of nitrogens with zero attached hydrogens (tertiary/aromatic N) is 6. The van der Waals surface area contributed by atoms with E-state index in [9.17, 15) is 9.59 Å². The first-order valence-electron chi connectivity index (χ1n) is 11.3. The van der Waals surface area contributed by atoms with Gasteiger partial charge in [-0.05, 0) is 74.2 Å². The number of aryl methyl sites for hydroxylation is 4. The van der Waals surface area contributed by atoms with Gasteiger partial charge in [0.2, 0.25) is 0 Å². The standard InChI is InChI=1S/C24H28N10O2/c1-13-7-14(2)10-17(9-13)33-21(25)19(29-31-33)23(35)27-5-6-28-24(36)20-22(26)34(32-30-20)18-11-15(3)8-16(4)12-18/h7-12H,5-6,25-26H2,1-4H3,(H,27,35)(H,28,36). The molecule has 2 aromatic carbocycles. The molecule has 186 valence electrons. The summed E-state index contributed by atoms with van der Waals surface area (Å²) in [6, 6.07) is 11.6. The molecule has 0 saturated heterocycles. The van der Waals surface area contributed by atoms with Crippen LogP contribution in [0.3, 0.4) is 0 Å². The van der Waals surface area contributed by atoms with Crippen LogP contribution in [-0.4, -0.2) is 54.9 Å². The fraction of sp³-hybridized carbons (Fsp3) is 0.250. The highest BCUT2D eigenvalue weighted by Gasteiger charge is 2.20. The molecule has 0 bridgehead atoms. The molecule has 36 heavy (non-hydrogen) atoms. The van der Waals surface area contributed by atoms with Gasteiger partial charge in [-0.3, -0.25) is 9.59 Å². The number of carbonyl (C=O) groups is 2. The first kappa shape index (κ1) is 24.4. The second-order valence-corrected chi connectivity index (χ2v) is 8.67. The zero-order valence-electron chi connectivity index (χ0n) is 20.5. The van der Waals surface area contributed by atoms with Gasteiger partial charge in [-0.25, -0.2) is 0 Å². The second kappa shape index (κ2) is 9.86. The lowest BCUT2D eigenvalue weighted by atomic mass is 10.1. The number of anilines is 2. The van der Waals surface area contributed by atoms with Crippen molar-refractivity contribution in [3.8, 4) is 11.4 Å². The van der Waals surface area contributed by atoms with Crippen LogP contribution in [0.2, 0.25) is 0 Å². The smallest absolute Gasteiger partial charge is 0.275 e. The third-order valence-corrected chi connectivity index (χ3v) is 5.44. The summed E-state index contributed by atoms with van der Waals surface area (Å²) < 4.78 is 2.83. The van der Waals surface area contributed by atoms with E-state index >= 15 is 0 Å². The second-order valence-electron chi connectivity index (χ2n) is 8.67. The molecule has 0 aliphatic rings. The fourth-order valence-electron chi connectivity index (χ4n) is 3.95. The average molecular weight is 489 g/mol. The van der Waals surface area contributed by atoms with E-state index in [0.29, 0.717) is 0 Å². The molecule has 0 aliphatic heterocycles. The van der Waals surface area contributed by atoms with E-state index in [2.05, 4.69) is 31.3 Å². The molecule has 4 rings (SSSR count). The molecule has 0 aliphatic carbocycles. The molecule has 4 aromatic rings. The van der Waals surface area contributed by atoms with Gasteiger partial charge >= 0.3 is 0 Å². The highest BCUT2D eigenvalue weighted by atomic mass is 16.2. The van der Waals surface area contributed by atoms with E-state index < -0.39 is 11.8 Å². The molecular weight excluding hydrogens is 460 g/mol. The van der Waals surface area contributed by atoms with Gasteiger partial charge in [-0.15, -0.1) is 10.2 Å². The van der Waals surface area contributed by atoms with Crippen LogP contribution in [0.4, 0.5) is 11.6 Å². The molecule has 0 unspecified atom stereocenters. The summed E-state index contributed by atoms with van der Waals surface area (Å²) in [4.78, 5) is 25.1. The van der Waals surface area contributed by atoms with Crippen LogP contribution < -0.4 is 22.1 Å². The number of hydrogen-bond donors (Lipinski definition) is 4. The largest absolute Gasteiger partial charge is 0.382 e. The molecule has 0 radical (unpaired) electrons. The molecule has 2 heterocycles. The minimum atomic E-state index is -0.502. The van der Waals surface area contributed by atoms with Gasteiger partial charge in [0, 0.05) is 13.1 Å². The van der Waals surface area contributed by atoms with Crippen LogP contribution in [0.5, 0.6) is 0 Å². The third kappa shape index (κ3) is 5.02. The Balaban J connectivity index is 1.35. The van der Waals surface area contributed by atoms with E-state index in [0.717, 1.165) is 33.6 Å². The SMILES string of the molecule is Cc1cc(C)cc(-n2nnc(C(=O)NCCNC(=O)c3nnn(-c4cc(C)cc(C)c4)c3N)c2N)c1. The van der Waals surface area contributed by atoms with Crippen LogP contribution in [0.25, 0.3) is 11.4 Å². The van der Waals surface area contributed by atoms with Gasteiger partial charge in [-0.2, -0.15) is 9.36 Å². The number of aromatic nitrogens is 6. The monoisotopic (exact) mass is 488 g/mol. The predicted molar refractivity (Wildman–Crippen MR) is 135 cm³/mol. The molecular formula is C24H28N10O2. The normalized spacial score (nSPS) is 10.9. The molecule has 0 fully saturated rings. The zero-order valence-corrected chi connectivity index (χ0v) is 20.5. The van der Waals surface area contributed by atoms with Gasteiger partial charge in [0.1, 0.15) is 0 Å². The van der Waals surface area contributed by atoms with Gasteiger partial charge in [0.25, 0.3) is 11.8 Å². The lowest BCUT2D eigenvalue weighted by Crippen LogP contribution is -2.35. The first-order chi connectivity index (χ1) is 17.1. The Morgan fingerprint density at radius 1 is 0.667 bits per heavy atom. The minimum Gasteiger partial charge on any atom is -0.382 e. The fourth-order valence-corrected chi connectivity index (χ4v) is 3.95. The Morgan fingerprint density at radius 2 is 1.00 bits per heavy atom. The van der Waals surface area contributed by atoms with Gasteiger partial charge in [0.05, 0.1) is 11.4 Å². The minimum absolute atomic E-state index is 0.00104. The summed E-state index contributed by atoms with van der Waals surface area (Å²) in [6.07, 6.45) is 0. The van der Waals surface area contributed by atoms with E-state index in [1.165, 1.54) is 9.36 Å². The summed E-state index contributed by atoms with van der Waals surface area (Å²) in [5.74, 6) is -0.759. The molecule has 0 saturated carbocycles. The molecule has 0 atom stereocenters. The average Bonchev–Trinajstić information content (AvgIpc) is 3.37. The Labute approximate surface area is 207 Å². The van der Waals surface area contributed by atoms with Crippen LogP contribution in [0, 0.1) is 27.7 Å². The highest BCUT2D eigenvalue weighted by molar-refractivity contribution is 5.97. The van der Waals surface area contributed by atoms with E-state index in [4.69, 9.17) is 11.5 Å². The van der Waals surface area contributed by atoms with Gasteiger partial charge < -0.3 is 22.1 Å². The summed E-state index contributed by atoms with van der Waals surface area (Å²) >= 11 is 0. The van der Waals surface area contributed by atoms with Crippen molar-refractivity contribution in [3.05, 3.63) is 70.0 Å². The van der Waals surface area contributed by atoms with Crippen molar-refractivity contribution in [3.63, 3.8) is 0 Å². The predicted octanol–water partition coefficient (Wildman–Crippen LogP) is 1.41. The number of nitrogens with one attached hydrogen (secondary N) is 2. The van der Waals surface area contributed by atoms with Crippen molar-refractivity contribution >= 4 is 23.5 Å². The maximum Gasteiger partial charge on any atom is 0.275 e. The van der Waals surface area contributed by atoms with E-state index in [-0.39, 0.29) is 36.1 Å². The van der Waals surface area contributed by atoms with E-state index in [1.54, 1.807) is 0 Å². The number of amides is 2. The van der Waals surface area contributed by atoms with Crippen molar-refractivity contribution in [2.45, 2.75) is 27.7 Å². The van der Waals surface area contributed by atoms with Crippen molar-refractivity contribution in [2.24, 2.45) is 0 Å². The molecule has 12 heteroatoms. The summed E-state index contributed by atoms with van der Waals surface area (Å²) in [5.41, 5.74) is 17.8. The van der Waals surface area contributed by atoms with Crippen LogP contribution in [-0.2, 0) is 0 Å². The molecule has 12 nitrogen and oxygen atoms in total. The van der Waals surface area contributed by atoms with E-state index in [1.807, 2.05) is 64.1 Å². The van der Waals surface area contributed by atoms with Crippen molar-refractivity contribution in [1.29, 1.82) is 0 Å². The molecule has 2 aromatic heterocycles. The summed E-state index contributed by atoms with van der Waals surface area (Å²) in [6.45, 7) is 8.11. The Morgan fingerprint density at radius 3 is 1.33 bits per heavy atom. The van der Waals surface area contributed by atoms with Crippen LogP contribution in [0.1, 0.15) is 43.2 Å².